The fourth-order valence-electron chi connectivity index (χ4n) is 0.269. The number of hydrogen-bond acceptors (Lipinski definition) is 3. The van der Waals surface area contributed by atoms with E-state index in [4.69, 9.17) is 0 Å². The molecule has 0 aromatic rings. The number of carbonyl (C=O) groups is 1. The maximum absolute atomic E-state index is 10.2. The van der Waals surface area contributed by atoms with Crippen LogP contribution in [-0.2, 0) is 25.2 Å². The van der Waals surface area contributed by atoms with Crippen LogP contribution < -0.4 is 0 Å². The van der Waals surface area contributed by atoms with Gasteiger partial charge in [0.25, 0.3) is 0 Å². The topological polar surface area (TPSA) is 63.3 Å². The van der Waals surface area contributed by atoms with Crippen molar-refractivity contribution in [3.63, 3.8) is 0 Å². The molecule has 0 heterocycles. The molecule has 0 bridgehead atoms. The summed E-state index contributed by atoms with van der Waals surface area (Å²) >= 11 is -2.14. The Bertz CT molecular complexity index is 122. The summed E-state index contributed by atoms with van der Waals surface area (Å²) in [7, 11) is 1.22. The van der Waals surface area contributed by atoms with Gasteiger partial charge in [-0.3, -0.25) is 4.79 Å². The molecule has 0 aromatic carbocycles. The van der Waals surface area contributed by atoms with E-state index in [1.54, 1.807) is 0 Å². The predicted octanol–water partition coefficient (Wildman–Crippen LogP) is -0.356. The number of methoxy groups -OCH3 is 1. The van der Waals surface area contributed by atoms with E-state index in [9.17, 15) is 13.6 Å². The lowest BCUT2D eigenvalue weighted by atomic mass is 10.5. The summed E-state index contributed by atoms with van der Waals surface area (Å²) in [5.41, 5.74) is 0. The predicted molar refractivity (Wildman–Crippen MR) is 30.3 cm³/mol. The van der Waals surface area contributed by atoms with Crippen LogP contribution in [0.15, 0.2) is 0 Å². The van der Waals surface area contributed by atoms with Crippen molar-refractivity contribution in [2.45, 2.75) is 6.42 Å². The minimum atomic E-state index is -2.14. The molecule has 1 radical (unpaired) electrons. The van der Waals surface area contributed by atoms with Gasteiger partial charge in [0.15, 0.2) is 11.1 Å². The van der Waals surface area contributed by atoms with Crippen molar-refractivity contribution in [2.24, 2.45) is 0 Å². The van der Waals surface area contributed by atoms with E-state index >= 15 is 0 Å². The minimum absolute atomic E-state index is 0.0629. The van der Waals surface area contributed by atoms with Crippen LogP contribution in [0.3, 0.4) is 0 Å². The molecule has 53 valence electrons. The van der Waals surface area contributed by atoms with Gasteiger partial charge in [-0.15, -0.1) is 4.55 Å². The van der Waals surface area contributed by atoms with Crippen molar-refractivity contribution in [1.29, 1.82) is 0 Å². The van der Waals surface area contributed by atoms with Crippen molar-refractivity contribution < 1.29 is 18.3 Å². The van der Waals surface area contributed by atoms with Crippen LogP contribution in [0.25, 0.3) is 0 Å². The molecule has 0 saturated heterocycles. The van der Waals surface area contributed by atoms with E-state index in [0.29, 0.717) is 0 Å². The van der Waals surface area contributed by atoms with Gasteiger partial charge >= 0.3 is 5.97 Å². The molecule has 0 aliphatic rings. The quantitative estimate of drug-likeness (QED) is 0.517. The standard InChI is InChI=1S/C4H7O4S/c1-8-4(5)2-3-9(6)7/h2-3H2,1H3. The molecule has 0 amide bonds. The van der Waals surface area contributed by atoms with E-state index in [0.717, 1.165) is 0 Å². The normalized spacial score (nSPS) is 12.7. The van der Waals surface area contributed by atoms with Crippen molar-refractivity contribution in [3.8, 4) is 0 Å². The lowest BCUT2D eigenvalue weighted by Gasteiger charge is -1.92. The van der Waals surface area contributed by atoms with Gasteiger partial charge in [0.2, 0.25) is 0 Å². The Morgan fingerprint density at radius 2 is 2.22 bits per heavy atom. The van der Waals surface area contributed by atoms with Crippen LogP contribution >= 0.6 is 0 Å². The Kier molecular flexibility index (Phi) is 4.25. The highest BCUT2D eigenvalue weighted by atomic mass is 32.2. The van der Waals surface area contributed by atoms with E-state index in [2.05, 4.69) is 4.74 Å². The highest BCUT2D eigenvalue weighted by molar-refractivity contribution is 7.78. The van der Waals surface area contributed by atoms with Gasteiger partial charge in [-0.2, -0.15) is 0 Å². The van der Waals surface area contributed by atoms with Crippen molar-refractivity contribution in [2.75, 3.05) is 12.9 Å². The van der Waals surface area contributed by atoms with Gasteiger partial charge in [-0.25, -0.2) is 4.21 Å². The van der Waals surface area contributed by atoms with Crippen LogP contribution in [0.4, 0.5) is 0 Å². The van der Waals surface area contributed by atoms with Crippen molar-refractivity contribution in [1.82, 2.24) is 0 Å². The molecule has 0 fully saturated rings. The molecule has 0 N–H and O–H groups in total. The first-order valence-electron chi connectivity index (χ1n) is 2.29. The van der Waals surface area contributed by atoms with Gasteiger partial charge in [0.05, 0.1) is 19.3 Å². The lowest BCUT2D eigenvalue weighted by Crippen LogP contribution is -2.05. The molecule has 0 aliphatic carbocycles. The zero-order chi connectivity index (χ0) is 7.28. The van der Waals surface area contributed by atoms with E-state index in [1.807, 2.05) is 0 Å². The van der Waals surface area contributed by atoms with Gasteiger partial charge in [0.1, 0.15) is 0 Å². The zero-order valence-corrected chi connectivity index (χ0v) is 5.77. The maximum atomic E-state index is 10.2. The SMILES string of the molecule is COC(=O)CCS([O])=O. The fraction of sp³-hybridized carbons (Fsp3) is 0.750. The molecular weight excluding hydrogens is 144 g/mol. The second-order valence-electron chi connectivity index (χ2n) is 1.33. The Morgan fingerprint density at radius 3 is 2.56 bits per heavy atom. The molecule has 0 aromatic heterocycles. The summed E-state index contributed by atoms with van der Waals surface area (Å²) in [6, 6.07) is 0. The third-order valence-electron chi connectivity index (χ3n) is 0.701. The molecule has 0 saturated carbocycles. The molecule has 5 heteroatoms. The highest BCUT2D eigenvalue weighted by Crippen LogP contribution is 1.86. The third kappa shape index (κ3) is 5.45. The smallest absolute Gasteiger partial charge is 0.306 e. The number of hydrogen-bond donors (Lipinski definition) is 0. The average molecular weight is 151 g/mol. The summed E-state index contributed by atoms with van der Waals surface area (Å²) in [4.78, 5) is 10.2. The first-order valence-corrected chi connectivity index (χ1v) is 3.54. The first kappa shape index (κ1) is 8.58. The summed E-state index contributed by atoms with van der Waals surface area (Å²) in [6.07, 6.45) is -0.0629. The van der Waals surface area contributed by atoms with Gasteiger partial charge < -0.3 is 4.74 Å². The first-order chi connectivity index (χ1) is 4.16. The van der Waals surface area contributed by atoms with E-state index in [-0.39, 0.29) is 12.2 Å². The zero-order valence-electron chi connectivity index (χ0n) is 4.96. The van der Waals surface area contributed by atoms with E-state index in [1.165, 1.54) is 7.11 Å². The summed E-state index contributed by atoms with van der Waals surface area (Å²) in [6.45, 7) is 0. The van der Waals surface area contributed by atoms with Gasteiger partial charge in [0, 0.05) is 0 Å². The number of carbonyl (C=O) groups excluding carboxylic acids is 1. The van der Waals surface area contributed by atoms with Crippen LogP contribution in [-0.4, -0.2) is 23.0 Å². The Morgan fingerprint density at radius 1 is 1.67 bits per heavy atom. The minimum Gasteiger partial charge on any atom is -0.469 e. The third-order valence-corrected chi connectivity index (χ3v) is 1.24. The van der Waals surface area contributed by atoms with Crippen molar-refractivity contribution >= 4 is 17.0 Å². The lowest BCUT2D eigenvalue weighted by molar-refractivity contribution is -0.140. The average Bonchev–Trinajstić information content (AvgIpc) is 1.83. The monoisotopic (exact) mass is 151 g/mol. The summed E-state index contributed by atoms with van der Waals surface area (Å²) < 4.78 is 23.8. The molecule has 4 nitrogen and oxygen atoms in total. The van der Waals surface area contributed by atoms with E-state index < -0.39 is 17.0 Å². The summed E-state index contributed by atoms with van der Waals surface area (Å²) in [5.74, 6) is -0.661. The van der Waals surface area contributed by atoms with Crippen LogP contribution in [0.1, 0.15) is 6.42 Å². The fourth-order valence-corrected chi connectivity index (χ4v) is 0.602. The van der Waals surface area contributed by atoms with Crippen LogP contribution in [0.2, 0.25) is 0 Å². The van der Waals surface area contributed by atoms with Gasteiger partial charge in [-0.05, 0) is 0 Å². The molecule has 1 unspecified atom stereocenters. The second-order valence-corrected chi connectivity index (χ2v) is 2.35. The number of rotatable bonds is 3. The second kappa shape index (κ2) is 4.46. The number of ether oxygens (including phenoxy) is 1. The van der Waals surface area contributed by atoms with Crippen LogP contribution in [0.5, 0.6) is 0 Å². The Hall–Kier alpha value is -0.420. The van der Waals surface area contributed by atoms with Crippen LogP contribution in [0, 0.1) is 0 Å². The highest BCUT2D eigenvalue weighted by Gasteiger charge is 2.02. The molecule has 9 heavy (non-hydrogen) atoms. The molecule has 0 aliphatic heterocycles. The van der Waals surface area contributed by atoms with Gasteiger partial charge in [-0.1, -0.05) is 0 Å². The van der Waals surface area contributed by atoms with Crippen molar-refractivity contribution in [3.05, 3.63) is 0 Å². The Balaban J connectivity index is 3.28. The summed E-state index contributed by atoms with van der Waals surface area (Å²) in [5, 5.41) is 0. The molecule has 0 spiro atoms. The largest absolute Gasteiger partial charge is 0.469 e. The molecule has 0 rings (SSSR count). The molecular formula is C4H7O4S. The maximum Gasteiger partial charge on any atom is 0.306 e. The number of esters is 1. The molecule has 1 atom stereocenters. The Labute approximate surface area is 55.5 Å².